The number of furan rings is 2. The van der Waals surface area contributed by atoms with Gasteiger partial charge in [-0.05, 0) is 88.0 Å². The van der Waals surface area contributed by atoms with E-state index >= 15 is 0 Å². The molecule has 0 saturated heterocycles. The summed E-state index contributed by atoms with van der Waals surface area (Å²) in [6.07, 6.45) is 0. The van der Waals surface area contributed by atoms with Gasteiger partial charge in [0.2, 0.25) is 0 Å². The first kappa shape index (κ1) is 25.3. The van der Waals surface area contributed by atoms with Crippen LogP contribution >= 0.6 is 0 Å². The predicted molar refractivity (Wildman–Crippen MR) is 190 cm³/mol. The van der Waals surface area contributed by atoms with Gasteiger partial charge in [-0.1, -0.05) is 97.1 Å². The van der Waals surface area contributed by atoms with E-state index < -0.39 is 0 Å². The number of rotatable bonds is 3. The molecular weight excluding hydrogens is 562 g/mol. The zero-order valence-electron chi connectivity index (χ0n) is 24.9. The van der Waals surface area contributed by atoms with E-state index in [0.717, 1.165) is 50.4 Å². The molecule has 1 aliphatic heterocycles. The highest BCUT2D eigenvalue weighted by atomic mass is 16.3. The summed E-state index contributed by atoms with van der Waals surface area (Å²) in [5.74, 6) is 0. The Morgan fingerprint density at radius 1 is 0.413 bits per heavy atom. The molecule has 0 saturated carbocycles. The van der Waals surface area contributed by atoms with Crippen molar-refractivity contribution in [2.45, 2.75) is 6.54 Å². The molecule has 3 heteroatoms. The molecule has 0 bridgehead atoms. The molecule has 7 aromatic carbocycles. The lowest BCUT2D eigenvalue weighted by molar-refractivity contribution is 0.668. The van der Waals surface area contributed by atoms with E-state index in [2.05, 4.69) is 132 Å². The molecule has 0 N–H and O–H groups in total. The highest BCUT2D eigenvalue weighted by Gasteiger charge is 2.25. The average Bonchev–Trinajstić information content (AvgIpc) is 3.70. The van der Waals surface area contributed by atoms with E-state index in [4.69, 9.17) is 8.83 Å². The molecule has 3 heterocycles. The number of para-hydroxylation sites is 3. The summed E-state index contributed by atoms with van der Waals surface area (Å²) < 4.78 is 12.5. The van der Waals surface area contributed by atoms with Crippen LogP contribution in [0, 0.1) is 0 Å². The van der Waals surface area contributed by atoms with Gasteiger partial charge in [0.1, 0.15) is 22.3 Å². The van der Waals surface area contributed by atoms with Gasteiger partial charge in [-0.25, -0.2) is 0 Å². The molecule has 216 valence electrons. The van der Waals surface area contributed by atoms with Crippen molar-refractivity contribution in [3.05, 3.63) is 157 Å². The summed E-state index contributed by atoms with van der Waals surface area (Å²) in [5, 5.41) is 4.61. The van der Waals surface area contributed by atoms with E-state index in [1.165, 1.54) is 50.3 Å². The molecule has 3 nitrogen and oxygen atoms in total. The van der Waals surface area contributed by atoms with Gasteiger partial charge in [0, 0.05) is 45.0 Å². The number of fused-ring (bicyclic) bond motifs is 9. The topological polar surface area (TPSA) is 29.5 Å². The summed E-state index contributed by atoms with van der Waals surface area (Å²) in [7, 11) is 0. The number of hydrogen-bond donors (Lipinski definition) is 0. The Hall–Kier alpha value is -6.06. The zero-order valence-corrected chi connectivity index (χ0v) is 24.9. The van der Waals surface area contributed by atoms with Crippen LogP contribution in [0.15, 0.2) is 160 Å². The van der Waals surface area contributed by atoms with Crippen LogP contribution in [0.25, 0.3) is 77.3 Å². The Morgan fingerprint density at radius 3 is 1.65 bits per heavy atom. The van der Waals surface area contributed by atoms with Gasteiger partial charge in [-0.2, -0.15) is 0 Å². The molecule has 0 atom stereocenters. The Morgan fingerprint density at radius 2 is 0.978 bits per heavy atom. The van der Waals surface area contributed by atoms with Crippen LogP contribution in [0.3, 0.4) is 0 Å². The van der Waals surface area contributed by atoms with Gasteiger partial charge < -0.3 is 13.7 Å². The van der Waals surface area contributed by atoms with Crippen molar-refractivity contribution < 1.29 is 8.83 Å². The summed E-state index contributed by atoms with van der Waals surface area (Å²) >= 11 is 0. The fourth-order valence-electron chi connectivity index (χ4n) is 7.43. The fraction of sp³-hybridized carbons (Fsp3) is 0.0233. The Kier molecular flexibility index (Phi) is 5.34. The Bertz CT molecular complexity index is 2620. The van der Waals surface area contributed by atoms with Crippen LogP contribution in [-0.4, -0.2) is 0 Å². The summed E-state index contributed by atoms with van der Waals surface area (Å²) in [6, 6.07) is 53.9. The van der Waals surface area contributed by atoms with Crippen LogP contribution in [0.4, 0.5) is 11.4 Å². The maximum atomic E-state index is 6.25. The average molecular weight is 590 g/mol. The Balaban J connectivity index is 1.19. The maximum absolute atomic E-state index is 6.25. The van der Waals surface area contributed by atoms with Crippen LogP contribution in [-0.2, 0) is 6.54 Å². The van der Waals surface area contributed by atoms with Crippen molar-refractivity contribution in [2.75, 3.05) is 4.90 Å². The highest BCUT2D eigenvalue weighted by molar-refractivity contribution is 6.14. The minimum Gasteiger partial charge on any atom is -0.456 e. The first-order valence-corrected chi connectivity index (χ1v) is 15.7. The highest BCUT2D eigenvalue weighted by Crippen LogP contribution is 2.47. The molecule has 9 aromatic rings. The summed E-state index contributed by atoms with van der Waals surface area (Å²) in [4.78, 5) is 2.44. The molecule has 1 aliphatic rings. The van der Waals surface area contributed by atoms with Crippen molar-refractivity contribution in [2.24, 2.45) is 0 Å². The van der Waals surface area contributed by atoms with Crippen LogP contribution < -0.4 is 4.90 Å². The molecule has 2 aromatic heterocycles. The number of nitrogens with zero attached hydrogens (tertiary/aromatic N) is 1. The standard InChI is InChI=1S/C43H27NO2/c1-2-10-30(11-3-1)44-26-29-24-27(32-14-8-18-40-42(32)34-12-4-6-16-38(34)45-40)20-22-31(29)36-25-28(21-23-37(36)44)33-15-9-19-41-43(33)35-13-5-7-17-39(35)46-41/h1-25H,26H2. The van der Waals surface area contributed by atoms with Crippen LogP contribution in [0.1, 0.15) is 5.56 Å². The van der Waals surface area contributed by atoms with Crippen molar-refractivity contribution in [1.82, 2.24) is 0 Å². The maximum Gasteiger partial charge on any atom is 0.136 e. The second-order valence-corrected chi connectivity index (χ2v) is 12.1. The van der Waals surface area contributed by atoms with Gasteiger partial charge in [0.25, 0.3) is 0 Å². The van der Waals surface area contributed by atoms with Crippen molar-refractivity contribution in [3.8, 4) is 33.4 Å². The van der Waals surface area contributed by atoms with E-state index in [1.807, 2.05) is 24.3 Å². The summed E-state index contributed by atoms with van der Waals surface area (Å²) in [5.41, 5.74) is 14.6. The van der Waals surface area contributed by atoms with Crippen LogP contribution in [0.5, 0.6) is 0 Å². The molecule has 0 fully saturated rings. The normalized spacial score (nSPS) is 12.7. The second-order valence-electron chi connectivity index (χ2n) is 12.1. The van der Waals surface area contributed by atoms with Crippen molar-refractivity contribution in [1.29, 1.82) is 0 Å². The van der Waals surface area contributed by atoms with E-state index in [1.54, 1.807) is 0 Å². The van der Waals surface area contributed by atoms with Crippen molar-refractivity contribution >= 4 is 55.3 Å². The SMILES string of the molecule is c1ccc(N2Cc3cc(-c4cccc5oc6ccccc6c45)ccc3-c3cc(-c4cccc5oc6ccccc6c45)ccc32)cc1. The minimum absolute atomic E-state index is 0.781. The monoisotopic (exact) mass is 589 g/mol. The fourth-order valence-corrected chi connectivity index (χ4v) is 7.43. The third kappa shape index (κ3) is 3.72. The molecule has 0 unspecified atom stereocenters. The van der Waals surface area contributed by atoms with E-state index in [-0.39, 0.29) is 0 Å². The lowest BCUT2D eigenvalue weighted by atomic mass is 9.87. The third-order valence-electron chi connectivity index (χ3n) is 9.51. The number of benzene rings is 7. The largest absolute Gasteiger partial charge is 0.456 e. The van der Waals surface area contributed by atoms with Gasteiger partial charge in [0.05, 0.1) is 0 Å². The van der Waals surface area contributed by atoms with E-state index in [9.17, 15) is 0 Å². The minimum atomic E-state index is 0.781. The smallest absolute Gasteiger partial charge is 0.136 e. The first-order chi connectivity index (χ1) is 22.8. The van der Waals surface area contributed by atoms with Gasteiger partial charge in [-0.15, -0.1) is 0 Å². The first-order valence-electron chi connectivity index (χ1n) is 15.7. The summed E-state index contributed by atoms with van der Waals surface area (Å²) in [6.45, 7) is 0.781. The molecular formula is C43H27NO2. The number of anilines is 2. The lowest BCUT2D eigenvalue weighted by Gasteiger charge is -2.33. The zero-order chi connectivity index (χ0) is 30.2. The van der Waals surface area contributed by atoms with Crippen molar-refractivity contribution in [3.63, 3.8) is 0 Å². The molecule has 46 heavy (non-hydrogen) atoms. The molecule has 10 rings (SSSR count). The predicted octanol–water partition coefficient (Wildman–Crippen LogP) is 12.1. The van der Waals surface area contributed by atoms with Crippen LogP contribution in [0.2, 0.25) is 0 Å². The van der Waals surface area contributed by atoms with Gasteiger partial charge >= 0.3 is 0 Å². The second kappa shape index (κ2) is 9.72. The molecule has 0 aliphatic carbocycles. The third-order valence-corrected chi connectivity index (χ3v) is 9.51. The quantitative estimate of drug-likeness (QED) is 0.205. The van der Waals surface area contributed by atoms with Gasteiger partial charge in [-0.3, -0.25) is 0 Å². The molecule has 0 amide bonds. The number of hydrogen-bond acceptors (Lipinski definition) is 3. The molecule has 0 spiro atoms. The Labute approximate surface area is 265 Å². The molecule has 0 radical (unpaired) electrons. The van der Waals surface area contributed by atoms with Gasteiger partial charge in [0.15, 0.2) is 0 Å². The van der Waals surface area contributed by atoms with E-state index in [0.29, 0.717) is 0 Å². The lowest BCUT2D eigenvalue weighted by Crippen LogP contribution is -2.21.